The lowest BCUT2D eigenvalue weighted by molar-refractivity contribution is -0.134. The first kappa shape index (κ1) is 26.0. The lowest BCUT2D eigenvalue weighted by Crippen LogP contribution is -2.54. The van der Waals surface area contributed by atoms with Crippen LogP contribution < -0.4 is 5.32 Å². The largest absolute Gasteiger partial charge is 0.347 e. The van der Waals surface area contributed by atoms with Crippen molar-refractivity contribution in [2.24, 2.45) is 11.8 Å². The topological polar surface area (TPSA) is 83.6 Å². The van der Waals surface area contributed by atoms with Gasteiger partial charge in [-0.15, -0.1) is 0 Å². The van der Waals surface area contributed by atoms with Crippen molar-refractivity contribution in [3.05, 3.63) is 107 Å². The zero-order valence-electron chi connectivity index (χ0n) is 21.4. The molecule has 1 aliphatic heterocycles. The molecule has 1 saturated heterocycles. The third kappa shape index (κ3) is 5.69. The molecular formula is C31H32N2O4. The SMILES string of the molecule is CC(=O)NCC(=O)N1CC(C(=O)c2ccccc2)C(c2cccc(C)c2C)C(C(=O)c2ccccc2)C1. The second-order valence-corrected chi connectivity index (χ2v) is 9.70. The van der Waals surface area contributed by atoms with Crippen molar-refractivity contribution < 1.29 is 19.2 Å². The average molecular weight is 497 g/mol. The minimum absolute atomic E-state index is 0.102. The van der Waals surface area contributed by atoms with E-state index in [9.17, 15) is 19.2 Å². The Hall–Kier alpha value is -4.06. The standard InChI is InChI=1S/C31H32N2O4/c1-20-11-10-16-25(21(20)2)29-26(30(36)23-12-6-4-7-13-23)18-33(28(35)17-32-22(3)34)19-27(29)31(37)24-14-8-5-9-15-24/h4-16,26-27,29H,17-19H2,1-3H3,(H,32,34). The number of carbonyl (C=O) groups excluding carboxylic acids is 4. The van der Waals surface area contributed by atoms with E-state index in [0.29, 0.717) is 11.1 Å². The van der Waals surface area contributed by atoms with Gasteiger partial charge in [-0.2, -0.15) is 0 Å². The molecule has 2 amide bonds. The highest BCUT2D eigenvalue weighted by molar-refractivity contribution is 6.02. The second-order valence-electron chi connectivity index (χ2n) is 9.70. The van der Waals surface area contributed by atoms with Gasteiger partial charge in [-0.05, 0) is 30.5 Å². The molecule has 0 radical (unpaired) electrons. The summed E-state index contributed by atoms with van der Waals surface area (Å²) in [5, 5.41) is 2.55. The van der Waals surface area contributed by atoms with Crippen molar-refractivity contribution in [3.63, 3.8) is 0 Å². The number of rotatable bonds is 7. The van der Waals surface area contributed by atoms with Gasteiger partial charge >= 0.3 is 0 Å². The molecule has 37 heavy (non-hydrogen) atoms. The lowest BCUT2D eigenvalue weighted by Gasteiger charge is -2.43. The molecule has 1 aliphatic rings. The number of Topliss-reactive ketones (excluding diaryl/α,β-unsaturated/α-hetero) is 2. The molecule has 0 saturated carbocycles. The van der Waals surface area contributed by atoms with Crippen LogP contribution in [0.5, 0.6) is 0 Å². The molecule has 2 unspecified atom stereocenters. The fourth-order valence-corrected chi connectivity index (χ4v) is 5.27. The van der Waals surface area contributed by atoms with Crippen LogP contribution in [-0.4, -0.2) is 47.9 Å². The van der Waals surface area contributed by atoms with Crippen molar-refractivity contribution >= 4 is 23.4 Å². The maximum Gasteiger partial charge on any atom is 0.242 e. The molecule has 0 aromatic heterocycles. The summed E-state index contributed by atoms with van der Waals surface area (Å²) in [4.78, 5) is 54.2. The number of piperidine rings is 1. The van der Waals surface area contributed by atoms with Crippen LogP contribution in [0.1, 0.15) is 50.2 Å². The maximum absolute atomic E-state index is 14.0. The smallest absolute Gasteiger partial charge is 0.242 e. The Kier molecular flexibility index (Phi) is 7.97. The quantitative estimate of drug-likeness (QED) is 0.493. The van der Waals surface area contributed by atoms with Crippen molar-refractivity contribution in [3.8, 4) is 0 Å². The van der Waals surface area contributed by atoms with Crippen LogP contribution >= 0.6 is 0 Å². The summed E-state index contributed by atoms with van der Waals surface area (Å²) in [5.74, 6) is -2.50. The molecule has 3 aromatic carbocycles. The molecule has 1 heterocycles. The Morgan fingerprint density at radius 1 is 0.757 bits per heavy atom. The van der Waals surface area contributed by atoms with Gasteiger partial charge < -0.3 is 10.2 Å². The zero-order valence-corrected chi connectivity index (χ0v) is 21.4. The number of aryl methyl sites for hydroxylation is 1. The van der Waals surface area contributed by atoms with Crippen LogP contribution in [0.4, 0.5) is 0 Å². The molecule has 1 fully saturated rings. The first-order chi connectivity index (χ1) is 17.8. The predicted octanol–water partition coefficient (Wildman–Crippen LogP) is 4.36. The summed E-state index contributed by atoms with van der Waals surface area (Å²) in [7, 11) is 0. The number of nitrogens with one attached hydrogen (secondary N) is 1. The molecular weight excluding hydrogens is 464 g/mol. The Labute approximate surface area is 217 Å². The number of amides is 2. The molecule has 0 spiro atoms. The molecule has 0 aliphatic carbocycles. The first-order valence-electron chi connectivity index (χ1n) is 12.5. The van der Waals surface area contributed by atoms with Gasteiger partial charge in [-0.1, -0.05) is 78.9 Å². The number of benzene rings is 3. The summed E-state index contributed by atoms with van der Waals surface area (Å²) < 4.78 is 0. The van der Waals surface area contributed by atoms with Crippen LogP contribution in [0.15, 0.2) is 78.9 Å². The molecule has 2 atom stereocenters. The molecule has 4 rings (SSSR count). The van der Waals surface area contributed by atoms with E-state index in [0.717, 1.165) is 16.7 Å². The van der Waals surface area contributed by atoms with E-state index in [2.05, 4.69) is 5.32 Å². The fourth-order valence-electron chi connectivity index (χ4n) is 5.27. The number of hydrogen-bond donors (Lipinski definition) is 1. The average Bonchev–Trinajstić information content (AvgIpc) is 2.92. The highest BCUT2D eigenvalue weighted by atomic mass is 16.2. The molecule has 190 valence electrons. The lowest BCUT2D eigenvalue weighted by atomic mass is 9.67. The van der Waals surface area contributed by atoms with Crippen molar-refractivity contribution in [2.45, 2.75) is 26.7 Å². The highest BCUT2D eigenvalue weighted by Crippen LogP contribution is 2.42. The van der Waals surface area contributed by atoms with Crippen LogP contribution in [0.3, 0.4) is 0 Å². The Morgan fingerprint density at radius 2 is 1.27 bits per heavy atom. The molecule has 6 nitrogen and oxygen atoms in total. The number of carbonyl (C=O) groups is 4. The van der Waals surface area contributed by atoms with Crippen LogP contribution in [-0.2, 0) is 9.59 Å². The zero-order chi connectivity index (χ0) is 26.5. The summed E-state index contributed by atoms with van der Waals surface area (Å²) in [6, 6.07) is 24.0. The number of nitrogens with zero attached hydrogens (tertiary/aromatic N) is 1. The number of ketones is 2. The van der Waals surface area contributed by atoms with E-state index in [1.54, 1.807) is 29.2 Å². The summed E-state index contributed by atoms with van der Waals surface area (Å²) in [6.07, 6.45) is 0. The van der Waals surface area contributed by atoms with E-state index in [-0.39, 0.29) is 43.0 Å². The Balaban J connectivity index is 1.84. The Bertz CT molecular complexity index is 1240. The Morgan fingerprint density at radius 3 is 1.76 bits per heavy atom. The third-order valence-corrected chi connectivity index (χ3v) is 7.34. The molecule has 0 bridgehead atoms. The monoisotopic (exact) mass is 496 g/mol. The first-order valence-corrected chi connectivity index (χ1v) is 12.5. The summed E-state index contributed by atoms with van der Waals surface area (Å²) >= 11 is 0. The van der Waals surface area contributed by atoms with Crippen LogP contribution in [0, 0.1) is 25.7 Å². The van der Waals surface area contributed by atoms with Gasteiger partial charge in [0.1, 0.15) is 0 Å². The minimum Gasteiger partial charge on any atom is -0.347 e. The highest BCUT2D eigenvalue weighted by Gasteiger charge is 2.46. The maximum atomic E-state index is 14.0. The molecule has 1 N–H and O–H groups in total. The third-order valence-electron chi connectivity index (χ3n) is 7.34. The van der Waals surface area contributed by atoms with Crippen molar-refractivity contribution in [1.82, 2.24) is 10.2 Å². The van der Waals surface area contributed by atoms with Crippen LogP contribution in [0.2, 0.25) is 0 Å². The van der Waals surface area contributed by atoms with Crippen molar-refractivity contribution in [2.75, 3.05) is 19.6 Å². The number of hydrogen-bond acceptors (Lipinski definition) is 4. The molecule has 3 aromatic rings. The molecule has 6 heteroatoms. The number of likely N-dealkylation sites (tertiary alicyclic amines) is 1. The van der Waals surface area contributed by atoms with Gasteiger partial charge in [0, 0.05) is 48.9 Å². The van der Waals surface area contributed by atoms with E-state index >= 15 is 0 Å². The van der Waals surface area contributed by atoms with Gasteiger partial charge in [0.2, 0.25) is 11.8 Å². The fraction of sp³-hybridized carbons (Fsp3) is 0.290. The van der Waals surface area contributed by atoms with Gasteiger partial charge in [-0.25, -0.2) is 0 Å². The van der Waals surface area contributed by atoms with E-state index < -0.39 is 17.8 Å². The van der Waals surface area contributed by atoms with E-state index in [4.69, 9.17) is 0 Å². The van der Waals surface area contributed by atoms with Crippen molar-refractivity contribution in [1.29, 1.82) is 0 Å². The van der Waals surface area contributed by atoms with E-state index in [1.165, 1.54) is 6.92 Å². The predicted molar refractivity (Wildman–Crippen MR) is 142 cm³/mol. The second kappa shape index (κ2) is 11.3. The summed E-state index contributed by atoms with van der Waals surface area (Å²) in [5.41, 5.74) is 4.17. The van der Waals surface area contributed by atoms with Gasteiger partial charge in [-0.3, -0.25) is 19.2 Å². The van der Waals surface area contributed by atoms with Crippen LogP contribution in [0.25, 0.3) is 0 Å². The normalized spacial score (nSPS) is 19.2. The summed E-state index contributed by atoms with van der Waals surface area (Å²) in [6.45, 7) is 5.55. The minimum atomic E-state index is -0.629. The van der Waals surface area contributed by atoms with E-state index in [1.807, 2.05) is 68.4 Å². The van der Waals surface area contributed by atoms with Gasteiger partial charge in [0.25, 0.3) is 0 Å². The van der Waals surface area contributed by atoms with Gasteiger partial charge in [0.05, 0.1) is 6.54 Å². The van der Waals surface area contributed by atoms with Gasteiger partial charge in [0.15, 0.2) is 11.6 Å².